The molecule has 0 saturated carbocycles. The minimum atomic E-state index is -0.670. The smallest absolute Gasteiger partial charge is 0.327 e. The predicted octanol–water partition coefficient (Wildman–Crippen LogP) is -0.639. The Kier molecular flexibility index (Phi) is 3.38. The minimum Gasteiger partial charge on any atom is -0.459 e. The molecule has 0 spiro atoms. The van der Waals surface area contributed by atoms with E-state index in [9.17, 15) is 14.4 Å². The average Bonchev–Trinajstić information content (AvgIpc) is 3.10. The van der Waals surface area contributed by atoms with Gasteiger partial charge in [0.2, 0.25) is 0 Å². The van der Waals surface area contributed by atoms with E-state index < -0.39 is 12.1 Å². The van der Waals surface area contributed by atoms with Crippen LogP contribution in [-0.2, 0) is 4.79 Å². The Morgan fingerprint density at radius 2 is 2.19 bits per heavy atom. The molecule has 2 fully saturated rings. The molecular formula is C13H15N3O5. The maximum atomic E-state index is 12.2. The van der Waals surface area contributed by atoms with E-state index in [0.29, 0.717) is 13.1 Å². The normalized spacial score (nSPS) is 22.0. The standard InChI is InChI=1S/C13H15N3O5/c17-6-5-16-11(18)9-8-14(3-4-15(9)13(16)20)12(19)10-2-1-7-21-10/h1-2,7,9,17H,3-6,8H2/t9-/m1/s1. The molecule has 2 aliphatic rings. The van der Waals surface area contributed by atoms with Gasteiger partial charge in [-0.1, -0.05) is 0 Å². The van der Waals surface area contributed by atoms with Crippen LogP contribution in [0.4, 0.5) is 4.79 Å². The zero-order valence-corrected chi connectivity index (χ0v) is 11.3. The number of β-amino-alcohol motifs (C(OH)–C–C–N with tert-alkyl or cyclic N) is 1. The fourth-order valence-corrected chi connectivity index (χ4v) is 2.70. The number of aliphatic hydroxyl groups is 1. The summed E-state index contributed by atoms with van der Waals surface area (Å²) in [5.41, 5.74) is 0. The summed E-state index contributed by atoms with van der Waals surface area (Å²) in [6.45, 7) is 0.502. The molecule has 1 atom stereocenters. The van der Waals surface area contributed by atoms with Crippen molar-refractivity contribution in [3.8, 4) is 0 Å². The molecule has 0 aliphatic carbocycles. The van der Waals surface area contributed by atoms with Gasteiger partial charge in [0.25, 0.3) is 11.8 Å². The van der Waals surface area contributed by atoms with Crippen LogP contribution in [0.5, 0.6) is 0 Å². The van der Waals surface area contributed by atoms with Crippen LogP contribution in [-0.4, -0.2) is 76.5 Å². The second-order valence-electron chi connectivity index (χ2n) is 4.93. The number of hydrogen-bond acceptors (Lipinski definition) is 5. The van der Waals surface area contributed by atoms with Gasteiger partial charge in [-0.15, -0.1) is 0 Å². The molecule has 1 aromatic rings. The van der Waals surface area contributed by atoms with E-state index in [4.69, 9.17) is 9.52 Å². The van der Waals surface area contributed by atoms with Crippen LogP contribution in [0, 0.1) is 0 Å². The molecule has 8 heteroatoms. The zero-order valence-electron chi connectivity index (χ0n) is 11.3. The first kappa shape index (κ1) is 13.6. The Bertz CT molecular complexity index is 570. The zero-order chi connectivity index (χ0) is 15.0. The molecule has 0 unspecified atom stereocenters. The third-order valence-electron chi connectivity index (χ3n) is 3.75. The van der Waals surface area contributed by atoms with Crippen LogP contribution in [0.3, 0.4) is 0 Å². The number of carbonyl (C=O) groups excluding carboxylic acids is 3. The number of carbonyl (C=O) groups is 3. The van der Waals surface area contributed by atoms with Gasteiger partial charge in [-0.05, 0) is 12.1 Å². The summed E-state index contributed by atoms with van der Waals surface area (Å²) in [7, 11) is 0. The highest BCUT2D eigenvalue weighted by molar-refractivity contribution is 6.05. The van der Waals surface area contributed by atoms with Crippen LogP contribution in [0.2, 0.25) is 0 Å². The lowest BCUT2D eigenvalue weighted by atomic mass is 10.1. The number of hydrogen-bond donors (Lipinski definition) is 1. The summed E-state index contributed by atoms with van der Waals surface area (Å²) in [5, 5.41) is 8.92. The molecule has 1 aromatic heterocycles. The second kappa shape index (κ2) is 5.21. The average molecular weight is 293 g/mol. The summed E-state index contributed by atoms with van der Waals surface area (Å²) in [6.07, 6.45) is 1.41. The van der Waals surface area contributed by atoms with Crippen molar-refractivity contribution in [2.45, 2.75) is 6.04 Å². The molecular weight excluding hydrogens is 278 g/mol. The van der Waals surface area contributed by atoms with Gasteiger partial charge < -0.3 is 19.3 Å². The van der Waals surface area contributed by atoms with Crippen molar-refractivity contribution in [1.29, 1.82) is 0 Å². The number of amides is 4. The Morgan fingerprint density at radius 1 is 1.38 bits per heavy atom. The highest BCUT2D eigenvalue weighted by Gasteiger charge is 2.48. The van der Waals surface area contributed by atoms with Crippen LogP contribution in [0.15, 0.2) is 22.8 Å². The van der Waals surface area contributed by atoms with Crippen molar-refractivity contribution in [3.05, 3.63) is 24.2 Å². The summed E-state index contributed by atoms with van der Waals surface area (Å²) >= 11 is 0. The van der Waals surface area contributed by atoms with E-state index in [0.717, 1.165) is 4.90 Å². The van der Waals surface area contributed by atoms with Crippen molar-refractivity contribution >= 4 is 17.8 Å². The van der Waals surface area contributed by atoms with Crippen molar-refractivity contribution in [1.82, 2.24) is 14.7 Å². The van der Waals surface area contributed by atoms with Gasteiger partial charge in [-0.2, -0.15) is 0 Å². The number of fused-ring (bicyclic) bond motifs is 1. The van der Waals surface area contributed by atoms with Crippen LogP contribution < -0.4 is 0 Å². The molecule has 112 valence electrons. The van der Waals surface area contributed by atoms with Gasteiger partial charge in [0.15, 0.2) is 5.76 Å². The lowest BCUT2D eigenvalue weighted by molar-refractivity contribution is -0.129. The summed E-state index contributed by atoms with van der Waals surface area (Å²) < 4.78 is 5.07. The Labute approximate surface area is 120 Å². The van der Waals surface area contributed by atoms with Crippen LogP contribution in [0.1, 0.15) is 10.6 Å². The number of rotatable bonds is 3. The molecule has 8 nitrogen and oxygen atoms in total. The summed E-state index contributed by atoms with van der Waals surface area (Å²) in [5.74, 6) is -0.445. The fourth-order valence-electron chi connectivity index (χ4n) is 2.70. The fraction of sp³-hybridized carbons (Fsp3) is 0.462. The highest BCUT2D eigenvalue weighted by Crippen LogP contribution is 2.22. The van der Waals surface area contributed by atoms with Crippen molar-refractivity contribution < 1.29 is 23.9 Å². The van der Waals surface area contributed by atoms with E-state index >= 15 is 0 Å². The maximum absolute atomic E-state index is 12.2. The van der Waals surface area contributed by atoms with Crippen molar-refractivity contribution in [3.63, 3.8) is 0 Å². The topological polar surface area (TPSA) is 94.3 Å². The summed E-state index contributed by atoms with van der Waals surface area (Å²) in [4.78, 5) is 40.4. The number of piperazine rings is 1. The molecule has 3 heterocycles. The van der Waals surface area contributed by atoms with Gasteiger partial charge in [-0.3, -0.25) is 14.5 Å². The van der Waals surface area contributed by atoms with Gasteiger partial charge in [0, 0.05) is 13.1 Å². The third-order valence-corrected chi connectivity index (χ3v) is 3.75. The molecule has 0 aromatic carbocycles. The molecule has 0 radical (unpaired) electrons. The van der Waals surface area contributed by atoms with Gasteiger partial charge in [-0.25, -0.2) is 4.79 Å². The Hall–Kier alpha value is -2.35. The number of furan rings is 1. The van der Waals surface area contributed by atoms with Gasteiger partial charge >= 0.3 is 6.03 Å². The summed E-state index contributed by atoms with van der Waals surface area (Å²) in [6, 6.07) is 2.12. The third kappa shape index (κ3) is 2.17. The lowest BCUT2D eigenvalue weighted by Crippen LogP contribution is -2.54. The van der Waals surface area contributed by atoms with E-state index in [1.54, 1.807) is 12.1 Å². The molecule has 4 amide bonds. The van der Waals surface area contributed by atoms with Crippen molar-refractivity contribution in [2.75, 3.05) is 32.8 Å². The number of nitrogens with zero attached hydrogens (tertiary/aromatic N) is 3. The van der Waals surface area contributed by atoms with Gasteiger partial charge in [0.05, 0.1) is 26.0 Å². The first-order chi connectivity index (χ1) is 10.1. The van der Waals surface area contributed by atoms with E-state index in [1.165, 1.54) is 16.1 Å². The number of imide groups is 1. The molecule has 0 bridgehead atoms. The highest BCUT2D eigenvalue weighted by atomic mass is 16.3. The van der Waals surface area contributed by atoms with Crippen LogP contribution >= 0.6 is 0 Å². The lowest BCUT2D eigenvalue weighted by Gasteiger charge is -2.34. The predicted molar refractivity (Wildman–Crippen MR) is 69.3 cm³/mol. The van der Waals surface area contributed by atoms with Crippen molar-refractivity contribution in [2.24, 2.45) is 0 Å². The monoisotopic (exact) mass is 293 g/mol. The SMILES string of the molecule is O=C(c1ccco1)N1CCN2C(=O)N(CCO)C(=O)[C@H]2C1. The first-order valence-electron chi connectivity index (χ1n) is 6.69. The Morgan fingerprint density at radius 3 is 2.86 bits per heavy atom. The maximum Gasteiger partial charge on any atom is 0.327 e. The largest absolute Gasteiger partial charge is 0.459 e. The minimum absolute atomic E-state index is 0.0171. The first-order valence-corrected chi connectivity index (χ1v) is 6.69. The quantitative estimate of drug-likeness (QED) is 0.748. The van der Waals surface area contributed by atoms with E-state index in [1.807, 2.05) is 0 Å². The van der Waals surface area contributed by atoms with Gasteiger partial charge in [0.1, 0.15) is 6.04 Å². The molecule has 21 heavy (non-hydrogen) atoms. The number of aliphatic hydroxyl groups excluding tert-OH is 1. The second-order valence-corrected chi connectivity index (χ2v) is 4.93. The number of urea groups is 1. The molecule has 2 saturated heterocycles. The van der Waals surface area contributed by atoms with E-state index in [2.05, 4.69) is 0 Å². The molecule has 1 N–H and O–H groups in total. The Balaban J connectivity index is 1.75. The van der Waals surface area contributed by atoms with E-state index in [-0.39, 0.29) is 37.3 Å². The molecule has 3 rings (SSSR count). The van der Waals surface area contributed by atoms with Crippen LogP contribution in [0.25, 0.3) is 0 Å². The molecule has 2 aliphatic heterocycles.